The van der Waals surface area contributed by atoms with Crippen LogP contribution in [0.15, 0.2) is 42.5 Å². The third kappa shape index (κ3) is 4.63. The first kappa shape index (κ1) is 20.4. The first-order chi connectivity index (χ1) is 14.4. The van der Waals surface area contributed by atoms with E-state index < -0.39 is 11.7 Å². The quantitative estimate of drug-likeness (QED) is 0.680. The molecular weight excluding hydrogens is 397 g/mol. The van der Waals surface area contributed by atoms with Crippen molar-refractivity contribution < 1.29 is 27.4 Å². The molecule has 2 aromatic carbocycles. The molecule has 2 amide bonds. The molecule has 2 aliphatic rings. The minimum absolute atomic E-state index is 0.0821. The maximum absolute atomic E-state index is 13.1. The summed E-state index contributed by atoms with van der Waals surface area (Å²) in [4.78, 5) is 14.8. The summed E-state index contributed by atoms with van der Waals surface area (Å²) in [5.74, 6) is 1.33. The van der Waals surface area contributed by atoms with Gasteiger partial charge in [0.05, 0.1) is 5.56 Å². The van der Waals surface area contributed by atoms with E-state index in [1.165, 1.54) is 12.1 Å². The van der Waals surface area contributed by atoms with Crippen LogP contribution in [0.3, 0.4) is 0 Å². The molecule has 1 aliphatic carbocycles. The molecule has 0 atom stereocenters. The van der Waals surface area contributed by atoms with E-state index in [0.717, 1.165) is 49.8 Å². The Hall–Kier alpha value is -2.90. The first-order valence-corrected chi connectivity index (χ1v) is 10.0. The topological polar surface area (TPSA) is 50.8 Å². The predicted octanol–water partition coefficient (Wildman–Crippen LogP) is 5.80. The van der Waals surface area contributed by atoms with Gasteiger partial charge in [0.15, 0.2) is 11.5 Å². The average molecular weight is 420 g/mol. The van der Waals surface area contributed by atoms with E-state index in [9.17, 15) is 18.0 Å². The van der Waals surface area contributed by atoms with Crippen molar-refractivity contribution in [2.75, 3.05) is 12.1 Å². The van der Waals surface area contributed by atoms with E-state index >= 15 is 0 Å². The van der Waals surface area contributed by atoms with Crippen molar-refractivity contribution >= 4 is 11.7 Å². The molecule has 4 rings (SSSR count). The van der Waals surface area contributed by atoms with E-state index in [4.69, 9.17) is 9.47 Å². The lowest BCUT2D eigenvalue weighted by molar-refractivity contribution is -0.137. The molecule has 0 saturated heterocycles. The molecule has 2 aromatic rings. The number of halogens is 3. The van der Waals surface area contributed by atoms with Crippen molar-refractivity contribution in [3.8, 4) is 11.5 Å². The second kappa shape index (κ2) is 8.45. The summed E-state index contributed by atoms with van der Waals surface area (Å²) < 4.78 is 49.1. The second-order valence-electron chi connectivity index (χ2n) is 7.61. The predicted molar refractivity (Wildman–Crippen MR) is 105 cm³/mol. The molecule has 0 spiro atoms. The van der Waals surface area contributed by atoms with Crippen LogP contribution in [0.25, 0.3) is 0 Å². The number of hydrogen-bond donors (Lipinski definition) is 1. The van der Waals surface area contributed by atoms with Crippen molar-refractivity contribution in [1.82, 2.24) is 4.90 Å². The highest BCUT2D eigenvalue weighted by Crippen LogP contribution is 2.34. The normalized spacial score (nSPS) is 16.4. The summed E-state index contributed by atoms with van der Waals surface area (Å²) in [6.07, 6.45) is 0.659. The monoisotopic (exact) mass is 420 g/mol. The minimum atomic E-state index is -4.41. The lowest BCUT2D eigenvalue weighted by Crippen LogP contribution is -2.43. The molecule has 0 radical (unpaired) electrons. The number of amides is 2. The fraction of sp³-hybridized carbons (Fsp3) is 0.409. The third-order valence-corrected chi connectivity index (χ3v) is 5.53. The summed E-state index contributed by atoms with van der Waals surface area (Å²) in [7, 11) is 0. The van der Waals surface area contributed by atoms with Gasteiger partial charge in [0.2, 0.25) is 6.79 Å². The number of alkyl halides is 3. The molecular formula is C22H23F3N2O3. The van der Waals surface area contributed by atoms with Gasteiger partial charge in [-0.05, 0) is 54.8 Å². The standard InChI is InChI=1S/C22H23F3N2O3/c23-22(24,25)16-7-9-17(10-8-16)26-21(28)27(18-4-2-1-3-5-18)13-15-6-11-19-20(12-15)30-14-29-19/h6-12,18H,1-5,13-14H2,(H,26,28). The summed E-state index contributed by atoms with van der Waals surface area (Å²) >= 11 is 0. The summed E-state index contributed by atoms with van der Waals surface area (Å²) in [5.41, 5.74) is 0.497. The fourth-order valence-corrected chi connectivity index (χ4v) is 3.93. The molecule has 0 unspecified atom stereocenters. The fourth-order valence-electron chi connectivity index (χ4n) is 3.93. The van der Waals surface area contributed by atoms with Gasteiger partial charge >= 0.3 is 12.2 Å². The second-order valence-corrected chi connectivity index (χ2v) is 7.61. The van der Waals surface area contributed by atoms with E-state index in [1.807, 2.05) is 18.2 Å². The Morgan fingerprint density at radius 1 is 1.00 bits per heavy atom. The van der Waals surface area contributed by atoms with Crippen LogP contribution in [0.5, 0.6) is 11.5 Å². The Morgan fingerprint density at radius 2 is 1.70 bits per heavy atom. The number of fused-ring (bicyclic) bond motifs is 1. The van der Waals surface area contributed by atoms with E-state index in [-0.39, 0.29) is 18.9 Å². The van der Waals surface area contributed by atoms with Crippen LogP contribution in [-0.4, -0.2) is 23.8 Å². The van der Waals surface area contributed by atoms with Crippen molar-refractivity contribution in [3.05, 3.63) is 53.6 Å². The van der Waals surface area contributed by atoms with Crippen molar-refractivity contribution in [2.45, 2.75) is 50.9 Å². The van der Waals surface area contributed by atoms with Crippen molar-refractivity contribution in [3.63, 3.8) is 0 Å². The highest BCUT2D eigenvalue weighted by Gasteiger charge is 2.30. The first-order valence-electron chi connectivity index (χ1n) is 10.0. The van der Waals surface area contributed by atoms with Gasteiger partial charge in [0.1, 0.15) is 0 Å². The molecule has 0 bridgehead atoms. The molecule has 1 saturated carbocycles. The summed E-state index contributed by atoms with van der Waals surface area (Å²) in [6.45, 7) is 0.563. The highest BCUT2D eigenvalue weighted by atomic mass is 19.4. The van der Waals surface area contributed by atoms with E-state index in [0.29, 0.717) is 23.7 Å². The van der Waals surface area contributed by atoms with Crippen LogP contribution in [0.2, 0.25) is 0 Å². The summed E-state index contributed by atoms with van der Waals surface area (Å²) in [6, 6.07) is 9.85. The minimum Gasteiger partial charge on any atom is -0.454 e. The zero-order chi connectivity index (χ0) is 21.1. The lowest BCUT2D eigenvalue weighted by atomic mass is 9.94. The SMILES string of the molecule is O=C(Nc1ccc(C(F)(F)F)cc1)N(Cc1ccc2c(c1)OCO2)C1CCCCC1. The van der Waals surface area contributed by atoms with Gasteiger partial charge in [-0.2, -0.15) is 13.2 Å². The average Bonchev–Trinajstić information content (AvgIpc) is 3.20. The number of carbonyl (C=O) groups excluding carboxylic acids is 1. The van der Waals surface area contributed by atoms with Gasteiger partial charge in [-0.1, -0.05) is 25.3 Å². The number of hydrogen-bond acceptors (Lipinski definition) is 3. The molecule has 1 heterocycles. The van der Waals surface area contributed by atoms with Crippen LogP contribution in [0.4, 0.5) is 23.7 Å². The Labute approximate surface area is 172 Å². The molecule has 30 heavy (non-hydrogen) atoms. The maximum Gasteiger partial charge on any atom is 0.416 e. The van der Waals surface area contributed by atoms with Crippen LogP contribution in [0, 0.1) is 0 Å². The number of anilines is 1. The van der Waals surface area contributed by atoms with Gasteiger partial charge in [0, 0.05) is 18.3 Å². The molecule has 1 fully saturated rings. The zero-order valence-electron chi connectivity index (χ0n) is 16.4. The number of urea groups is 1. The number of benzene rings is 2. The van der Waals surface area contributed by atoms with E-state index in [1.54, 1.807) is 4.90 Å². The van der Waals surface area contributed by atoms with Crippen LogP contribution in [-0.2, 0) is 12.7 Å². The Balaban J connectivity index is 1.50. The van der Waals surface area contributed by atoms with Crippen LogP contribution >= 0.6 is 0 Å². The Kier molecular flexibility index (Phi) is 5.74. The van der Waals surface area contributed by atoms with Gasteiger partial charge < -0.3 is 19.7 Å². The third-order valence-electron chi connectivity index (χ3n) is 5.53. The maximum atomic E-state index is 13.1. The number of rotatable bonds is 4. The molecule has 160 valence electrons. The largest absolute Gasteiger partial charge is 0.454 e. The zero-order valence-corrected chi connectivity index (χ0v) is 16.4. The number of ether oxygens (including phenoxy) is 2. The Bertz CT molecular complexity index is 893. The Morgan fingerprint density at radius 3 is 2.40 bits per heavy atom. The summed E-state index contributed by atoms with van der Waals surface area (Å²) in [5, 5.41) is 2.75. The van der Waals surface area contributed by atoms with Gasteiger partial charge in [-0.15, -0.1) is 0 Å². The number of nitrogens with zero attached hydrogens (tertiary/aromatic N) is 1. The van der Waals surface area contributed by atoms with Gasteiger partial charge in [-0.25, -0.2) is 4.79 Å². The van der Waals surface area contributed by atoms with Crippen LogP contribution in [0.1, 0.15) is 43.2 Å². The molecule has 0 aromatic heterocycles. The smallest absolute Gasteiger partial charge is 0.416 e. The van der Waals surface area contributed by atoms with Crippen molar-refractivity contribution in [2.24, 2.45) is 0 Å². The molecule has 1 aliphatic heterocycles. The molecule has 1 N–H and O–H groups in total. The van der Waals surface area contributed by atoms with Gasteiger partial charge in [-0.3, -0.25) is 0 Å². The highest BCUT2D eigenvalue weighted by molar-refractivity contribution is 5.89. The van der Waals surface area contributed by atoms with Gasteiger partial charge in [0.25, 0.3) is 0 Å². The molecule has 5 nitrogen and oxygen atoms in total. The van der Waals surface area contributed by atoms with Crippen LogP contribution < -0.4 is 14.8 Å². The van der Waals surface area contributed by atoms with E-state index in [2.05, 4.69) is 5.32 Å². The lowest BCUT2D eigenvalue weighted by Gasteiger charge is -2.34. The number of nitrogens with one attached hydrogen (secondary N) is 1. The number of carbonyl (C=O) groups is 1. The van der Waals surface area contributed by atoms with Crippen molar-refractivity contribution in [1.29, 1.82) is 0 Å². The molecule has 8 heteroatoms.